The number of aromatic nitrogens is 4. The van der Waals surface area contributed by atoms with Crippen molar-refractivity contribution in [1.82, 2.24) is 24.5 Å². The van der Waals surface area contributed by atoms with Gasteiger partial charge in [-0.2, -0.15) is 10.2 Å². The van der Waals surface area contributed by atoms with Crippen LogP contribution in [0.5, 0.6) is 0 Å². The van der Waals surface area contributed by atoms with Gasteiger partial charge in [0.2, 0.25) is 0 Å². The van der Waals surface area contributed by atoms with Crippen molar-refractivity contribution in [1.29, 1.82) is 0 Å². The number of carbonyl (C=O) groups is 1. The Morgan fingerprint density at radius 2 is 1.59 bits per heavy atom. The maximum absolute atomic E-state index is 12.7. The zero-order valence-corrected chi connectivity index (χ0v) is 16.3. The molecule has 140 valence electrons. The van der Waals surface area contributed by atoms with Crippen molar-refractivity contribution in [2.45, 2.75) is 40.3 Å². The van der Waals surface area contributed by atoms with Crippen LogP contribution in [-0.2, 0) is 6.54 Å². The average molecular weight is 363 g/mol. The van der Waals surface area contributed by atoms with Gasteiger partial charge in [-0.3, -0.25) is 14.2 Å². The smallest absolute Gasteiger partial charge is 0.253 e. The van der Waals surface area contributed by atoms with Gasteiger partial charge in [0.1, 0.15) is 0 Å². The number of likely N-dealkylation sites (tertiary alicyclic amines) is 1. The largest absolute Gasteiger partial charge is 0.334 e. The van der Waals surface area contributed by atoms with E-state index < -0.39 is 0 Å². The van der Waals surface area contributed by atoms with Crippen LogP contribution in [0.2, 0.25) is 0 Å². The molecule has 27 heavy (non-hydrogen) atoms. The van der Waals surface area contributed by atoms with Gasteiger partial charge in [-0.25, -0.2) is 0 Å². The van der Waals surface area contributed by atoms with E-state index in [1.807, 2.05) is 52.4 Å². The van der Waals surface area contributed by atoms with Crippen molar-refractivity contribution < 1.29 is 4.79 Å². The number of hydrogen-bond donors (Lipinski definition) is 0. The minimum Gasteiger partial charge on any atom is -0.334 e. The summed E-state index contributed by atoms with van der Waals surface area (Å²) in [6.45, 7) is 10.3. The van der Waals surface area contributed by atoms with Crippen molar-refractivity contribution >= 4 is 5.91 Å². The molecular weight excluding hydrogens is 338 g/mol. The summed E-state index contributed by atoms with van der Waals surface area (Å²) in [6, 6.07) is 12.3. The highest BCUT2D eigenvalue weighted by Crippen LogP contribution is 2.24. The topological polar surface area (TPSA) is 56.0 Å². The molecule has 3 heterocycles. The molecule has 4 rings (SSSR count). The predicted octanol–water partition coefficient (Wildman–Crippen LogP) is 3.06. The molecule has 0 radical (unpaired) electrons. The molecule has 1 aromatic carbocycles. The summed E-state index contributed by atoms with van der Waals surface area (Å²) in [5.41, 5.74) is 6.21. The molecule has 2 aromatic heterocycles. The van der Waals surface area contributed by atoms with E-state index in [0.29, 0.717) is 13.1 Å². The Morgan fingerprint density at radius 3 is 2.15 bits per heavy atom. The first-order valence-electron chi connectivity index (χ1n) is 9.33. The van der Waals surface area contributed by atoms with Crippen LogP contribution < -0.4 is 0 Å². The standard InChI is InChI=1S/C21H25N5O/c1-14-9-16(3)25(22-14)11-18-5-7-19(8-6-18)21(27)24-12-20(13-24)26-17(4)10-15(2)23-26/h5-10,20H,11-13H2,1-4H3. The van der Waals surface area contributed by atoms with E-state index in [-0.39, 0.29) is 11.9 Å². The molecule has 0 bridgehead atoms. The minimum atomic E-state index is 0.0884. The van der Waals surface area contributed by atoms with Gasteiger partial charge >= 0.3 is 0 Å². The monoisotopic (exact) mass is 363 g/mol. The van der Waals surface area contributed by atoms with Crippen LogP contribution in [0.4, 0.5) is 0 Å². The number of hydrogen-bond acceptors (Lipinski definition) is 3. The number of nitrogens with zero attached hydrogens (tertiary/aromatic N) is 5. The van der Waals surface area contributed by atoms with Crippen LogP contribution in [0.25, 0.3) is 0 Å². The average Bonchev–Trinajstić information content (AvgIpc) is 3.07. The van der Waals surface area contributed by atoms with E-state index in [1.165, 1.54) is 0 Å². The Balaban J connectivity index is 1.39. The molecule has 1 aliphatic rings. The Hall–Kier alpha value is -2.89. The van der Waals surface area contributed by atoms with Gasteiger partial charge in [0.05, 0.1) is 24.0 Å². The molecule has 6 heteroatoms. The Morgan fingerprint density at radius 1 is 0.963 bits per heavy atom. The number of amides is 1. The van der Waals surface area contributed by atoms with E-state index in [2.05, 4.69) is 36.2 Å². The van der Waals surface area contributed by atoms with Gasteiger partial charge in [-0.1, -0.05) is 12.1 Å². The van der Waals surface area contributed by atoms with E-state index >= 15 is 0 Å². The van der Waals surface area contributed by atoms with Crippen LogP contribution in [0, 0.1) is 27.7 Å². The highest BCUT2D eigenvalue weighted by atomic mass is 16.2. The Kier molecular flexibility index (Phi) is 4.34. The lowest BCUT2D eigenvalue weighted by molar-refractivity contribution is 0.0497. The molecule has 0 atom stereocenters. The van der Waals surface area contributed by atoms with Crippen LogP contribution >= 0.6 is 0 Å². The summed E-state index contributed by atoms with van der Waals surface area (Å²) in [5.74, 6) is 0.0884. The molecule has 3 aromatic rings. The highest BCUT2D eigenvalue weighted by Gasteiger charge is 2.33. The Bertz CT molecular complexity index is 977. The summed E-state index contributed by atoms with van der Waals surface area (Å²) in [7, 11) is 0. The third-order valence-electron chi connectivity index (χ3n) is 5.18. The maximum Gasteiger partial charge on any atom is 0.253 e. The summed E-state index contributed by atoms with van der Waals surface area (Å²) in [5, 5.41) is 9.02. The van der Waals surface area contributed by atoms with E-state index in [0.717, 1.165) is 40.4 Å². The minimum absolute atomic E-state index is 0.0884. The lowest BCUT2D eigenvalue weighted by Crippen LogP contribution is -2.51. The summed E-state index contributed by atoms with van der Waals surface area (Å²) >= 11 is 0. The number of aryl methyl sites for hydroxylation is 4. The molecule has 1 amide bonds. The van der Waals surface area contributed by atoms with Gasteiger partial charge in [0, 0.05) is 30.0 Å². The van der Waals surface area contributed by atoms with Crippen LogP contribution in [0.15, 0.2) is 36.4 Å². The molecule has 0 spiro atoms. The van der Waals surface area contributed by atoms with Gasteiger partial charge in [0.15, 0.2) is 0 Å². The molecule has 0 aliphatic carbocycles. The molecule has 6 nitrogen and oxygen atoms in total. The van der Waals surface area contributed by atoms with Crippen molar-refractivity contribution in [3.8, 4) is 0 Å². The second-order valence-electron chi connectivity index (χ2n) is 7.52. The van der Waals surface area contributed by atoms with Gasteiger partial charge < -0.3 is 4.90 Å². The third-order valence-corrected chi connectivity index (χ3v) is 5.18. The molecule has 0 unspecified atom stereocenters. The summed E-state index contributed by atoms with van der Waals surface area (Å²) in [6.07, 6.45) is 0. The molecule has 0 saturated carbocycles. The van der Waals surface area contributed by atoms with Crippen LogP contribution in [0.1, 0.15) is 44.7 Å². The predicted molar refractivity (Wildman–Crippen MR) is 104 cm³/mol. The zero-order chi connectivity index (χ0) is 19.1. The van der Waals surface area contributed by atoms with Crippen molar-refractivity contribution in [2.75, 3.05) is 13.1 Å². The first-order chi connectivity index (χ1) is 12.9. The van der Waals surface area contributed by atoms with Crippen molar-refractivity contribution in [3.05, 3.63) is 70.3 Å². The fraction of sp³-hybridized carbons (Fsp3) is 0.381. The Labute approximate surface area is 159 Å². The quantitative estimate of drug-likeness (QED) is 0.716. The SMILES string of the molecule is Cc1cc(C)n(Cc2ccc(C(=O)N3CC(n4nc(C)cc4C)C3)cc2)n1. The second kappa shape index (κ2) is 6.68. The first kappa shape index (κ1) is 17.5. The maximum atomic E-state index is 12.7. The number of benzene rings is 1. The first-order valence-corrected chi connectivity index (χ1v) is 9.33. The van der Waals surface area contributed by atoms with E-state index in [4.69, 9.17) is 0 Å². The fourth-order valence-corrected chi connectivity index (χ4v) is 3.73. The van der Waals surface area contributed by atoms with Crippen LogP contribution in [-0.4, -0.2) is 43.5 Å². The van der Waals surface area contributed by atoms with Crippen molar-refractivity contribution in [2.24, 2.45) is 0 Å². The highest BCUT2D eigenvalue weighted by molar-refractivity contribution is 5.94. The number of rotatable bonds is 4. The molecule has 1 aliphatic heterocycles. The molecule has 1 saturated heterocycles. The van der Waals surface area contributed by atoms with E-state index in [1.54, 1.807) is 0 Å². The van der Waals surface area contributed by atoms with E-state index in [9.17, 15) is 4.79 Å². The molecule has 0 N–H and O–H groups in total. The lowest BCUT2D eigenvalue weighted by Gasteiger charge is -2.39. The molecular formula is C21H25N5O. The van der Waals surface area contributed by atoms with Gasteiger partial charge in [-0.15, -0.1) is 0 Å². The second-order valence-corrected chi connectivity index (χ2v) is 7.52. The normalized spacial score (nSPS) is 14.4. The van der Waals surface area contributed by atoms with Crippen LogP contribution in [0.3, 0.4) is 0 Å². The lowest BCUT2D eigenvalue weighted by atomic mass is 10.1. The summed E-state index contributed by atoms with van der Waals surface area (Å²) < 4.78 is 4.03. The zero-order valence-electron chi connectivity index (χ0n) is 16.3. The third kappa shape index (κ3) is 3.39. The van der Waals surface area contributed by atoms with Gasteiger partial charge in [-0.05, 0) is 57.5 Å². The number of carbonyl (C=O) groups excluding carboxylic acids is 1. The molecule has 1 fully saturated rings. The fourth-order valence-electron chi connectivity index (χ4n) is 3.73. The summed E-state index contributed by atoms with van der Waals surface area (Å²) in [4.78, 5) is 14.6. The van der Waals surface area contributed by atoms with Crippen molar-refractivity contribution in [3.63, 3.8) is 0 Å². The van der Waals surface area contributed by atoms with Gasteiger partial charge in [0.25, 0.3) is 5.91 Å².